The summed E-state index contributed by atoms with van der Waals surface area (Å²) in [5.41, 5.74) is 6.85. The van der Waals surface area contributed by atoms with Crippen molar-refractivity contribution in [1.82, 2.24) is 9.88 Å². The number of nitrogens with zero attached hydrogens (tertiary/aromatic N) is 1. The van der Waals surface area contributed by atoms with Gasteiger partial charge in [-0.3, -0.25) is 4.79 Å². The van der Waals surface area contributed by atoms with Gasteiger partial charge in [-0.05, 0) is 25.3 Å². The van der Waals surface area contributed by atoms with Crippen molar-refractivity contribution >= 4 is 21.4 Å². The minimum absolute atomic E-state index is 0.0824. The third-order valence-electron chi connectivity index (χ3n) is 3.02. The fraction of sp³-hybridized carbons (Fsp3) is 0.583. The van der Waals surface area contributed by atoms with Gasteiger partial charge in [-0.15, -0.1) is 0 Å². The first-order chi connectivity index (χ1) is 8.87. The van der Waals surface area contributed by atoms with E-state index < -0.39 is 9.84 Å². The Morgan fingerprint density at radius 1 is 1.53 bits per heavy atom. The highest BCUT2D eigenvalue weighted by Gasteiger charge is 2.27. The van der Waals surface area contributed by atoms with Crippen LogP contribution in [0.15, 0.2) is 12.3 Å². The average Bonchev–Trinajstić information content (AvgIpc) is 3.06. The highest BCUT2D eigenvalue weighted by molar-refractivity contribution is 7.90. The Morgan fingerprint density at radius 3 is 2.79 bits per heavy atom. The molecule has 106 valence electrons. The summed E-state index contributed by atoms with van der Waals surface area (Å²) in [6, 6.07) is 2.04. The van der Waals surface area contributed by atoms with E-state index in [4.69, 9.17) is 5.73 Å². The maximum absolute atomic E-state index is 12.0. The lowest BCUT2D eigenvalue weighted by Gasteiger charge is -2.08. The van der Waals surface area contributed by atoms with Crippen LogP contribution in [-0.4, -0.2) is 37.4 Å². The molecule has 0 atom stereocenters. The Hall–Kier alpha value is -1.50. The van der Waals surface area contributed by atoms with Crippen molar-refractivity contribution in [2.24, 2.45) is 0 Å². The second-order valence-electron chi connectivity index (χ2n) is 5.04. The van der Waals surface area contributed by atoms with Gasteiger partial charge < -0.3 is 15.6 Å². The Balaban J connectivity index is 1.89. The molecule has 0 unspecified atom stereocenters. The number of aromatic nitrogens is 1. The molecule has 1 fully saturated rings. The molecule has 1 aliphatic carbocycles. The fourth-order valence-electron chi connectivity index (χ4n) is 1.96. The van der Waals surface area contributed by atoms with Gasteiger partial charge in [0, 0.05) is 25.0 Å². The summed E-state index contributed by atoms with van der Waals surface area (Å²) in [5, 5.41) is 2.73. The lowest BCUT2D eigenvalue weighted by molar-refractivity contribution is 0.0944. The SMILES string of the molecule is CS(=O)(=O)CCCNC(=O)c1cc(N)cn1C1CC1. The van der Waals surface area contributed by atoms with Crippen molar-refractivity contribution in [2.45, 2.75) is 25.3 Å². The monoisotopic (exact) mass is 285 g/mol. The average molecular weight is 285 g/mol. The minimum Gasteiger partial charge on any atom is -0.397 e. The normalized spacial score (nSPS) is 15.4. The van der Waals surface area contributed by atoms with Crippen molar-refractivity contribution in [1.29, 1.82) is 0 Å². The molecule has 0 spiro atoms. The lowest BCUT2D eigenvalue weighted by atomic mass is 10.3. The molecule has 0 aromatic carbocycles. The van der Waals surface area contributed by atoms with Crippen LogP contribution in [0.25, 0.3) is 0 Å². The summed E-state index contributed by atoms with van der Waals surface area (Å²) in [6.45, 7) is 0.349. The molecule has 19 heavy (non-hydrogen) atoms. The number of amides is 1. The number of anilines is 1. The maximum Gasteiger partial charge on any atom is 0.267 e. The van der Waals surface area contributed by atoms with Crippen LogP contribution in [0.4, 0.5) is 5.69 Å². The predicted molar refractivity (Wildman–Crippen MR) is 73.8 cm³/mol. The number of nitrogens with two attached hydrogens (primary N) is 1. The second-order valence-corrected chi connectivity index (χ2v) is 7.30. The van der Waals surface area contributed by atoms with E-state index in [9.17, 15) is 13.2 Å². The number of nitrogens with one attached hydrogen (secondary N) is 1. The van der Waals surface area contributed by atoms with E-state index in [1.807, 2.05) is 4.57 Å². The molecule has 1 aromatic rings. The number of carbonyl (C=O) groups is 1. The van der Waals surface area contributed by atoms with Gasteiger partial charge in [0.05, 0.1) is 11.4 Å². The summed E-state index contributed by atoms with van der Waals surface area (Å²) in [6.07, 6.45) is 5.53. The smallest absolute Gasteiger partial charge is 0.267 e. The second kappa shape index (κ2) is 5.24. The van der Waals surface area contributed by atoms with Gasteiger partial charge in [-0.25, -0.2) is 8.42 Å². The van der Waals surface area contributed by atoms with Crippen LogP contribution in [-0.2, 0) is 9.84 Å². The molecule has 2 rings (SSSR count). The van der Waals surface area contributed by atoms with E-state index in [2.05, 4.69) is 5.32 Å². The van der Waals surface area contributed by atoms with Crippen LogP contribution in [0.5, 0.6) is 0 Å². The minimum atomic E-state index is -2.97. The summed E-state index contributed by atoms with van der Waals surface area (Å²) in [5.74, 6) is -0.115. The summed E-state index contributed by atoms with van der Waals surface area (Å²) >= 11 is 0. The van der Waals surface area contributed by atoms with Crippen LogP contribution < -0.4 is 11.1 Å². The van der Waals surface area contributed by atoms with Crippen LogP contribution in [0.3, 0.4) is 0 Å². The number of rotatable bonds is 6. The fourth-order valence-corrected chi connectivity index (χ4v) is 2.63. The molecular formula is C12H19N3O3S. The molecule has 1 heterocycles. The van der Waals surface area contributed by atoms with Crippen molar-refractivity contribution < 1.29 is 13.2 Å². The van der Waals surface area contributed by atoms with Crippen LogP contribution in [0, 0.1) is 0 Å². The summed E-state index contributed by atoms with van der Waals surface area (Å²) < 4.78 is 23.8. The van der Waals surface area contributed by atoms with Crippen molar-refractivity contribution in [3.8, 4) is 0 Å². The number of nitrogen functional groups attached to an aromatic ring is 1. The van der Waals surface area contributed by atoms with E-state index in [1.165, 1.54) is 6.26 Å². The van der Waals surface area contributed by atoms with E-state index in [1.54, 1.807) is 12.3 Å². The zero-order valence-corrected chi connectivity index (χ0v) is 11.7. The number of sulfone groups is 1. The molecule has 1 aromatic heterocycles. The van der Waals surface area contributed by atoms with Gasteiger partial charge in [0.2, 0.25) is 0 Å². The molecule has 0 radical (unpaired) electrons. The van der Waals surface area contributed by atoms with Gasteiger partial charge in [-0.2, -0.15) is 0 Å². The van der Waals surface area contributed by atoms with E-state index in [0.717, 1.165) is 12.8 Å². The largest absolute Gasteiger partial charge is 0.397 e. The van der Waals surface area contributed by atoms with Crippen LogP contribution >= 0.6 is 0 Å². The molecule has 0 saturated heterocycles. The highest BCUT2D eigenvalue weighted by Crippen LogP contribution is 2.37. The maximum atomic E-state index is 12.0. The summed E-state index contributed by atoms with van der Waals surface area (Å²) in [7, 11) is -2.97. The first-order valence-electron chi connectivity index (χ1n) is 6.30. The summed E-state index contributed by atoms with van der Waals surface area (Å²) in [4.78, 5) is 12.0. The first kappa shape index (κ1) is 13.9. The van der Waals surface area contributed by atoms with Gasteiger partial charge in [-0.1, -0.05) is 0 Å². The van der Waals surface area contributed by atoms with E-state index in [0.29, 0.717) is 30.4 Å². The Morgan fingerprint density at radius 2 is 2.21 bits per heavy atom. The van der Waals surface area contributed by atoms with Crippen molar-refractivity contribution in [2.75, 3.05) is 24.3 Å². The molecular weight excluding hydrogens is 266 g/mol. The lowest BCUT2D eigenvalue weighted by Crippen LogP contribution is -2.27. The van der Waals surface area contributed by atoms with Gasteiger partial charge >= 0.3 is 0 Å². The third kappa shape index (κ3) is 3.99. The number of hydrogen-bond acceptors (Lipinski definition) is 4. The topological polar surface area (TPSA) is 94.2 Å². The third-order valence-corrected chi connectivity index (χ3v) is 4.05. The molecule has 0 aliphatic heterocycles. The molecule has 3 N–H and O–H groups in total. The van der Waals surface area contributed by atoms with Gasteiger partial charge in [0.1, 0.15) is 15.5 Å². The zero-order chi connectivity index (χ0) is 14.0. The van der Waals surface area contributed by atoms with Crippen LogP contribution in [0.2, 0.25) is 0 Å². The molecule has 1 amide bonds. The molecule has 6 nitrogen and oxygen atoms in total. The molecule has 7 heteroatoms. The molecule has 1 saturated carbocycles. The predicted octanol–water partition coefficient (Wildman–Crippen LogP) is 0.570. The molecule has 0 bridgehead atoms. The van der Waals surface area contributed by atoms with E-state index in [-0.39, 0.29) is 11.7 Å². The quantitative estimate of drug-likeness (QED) is 0.747. The highest BCUT2D eigenvalue weighted by atomic mass is 32.2. The molecule has 1 aliphatic rings. The Labute approximate surface area is 112 Å². The van der Waals surface area contributed by atoms with Gasteiger partial charge in [0.15, 0.2) is 0 Å². The Bertz CT molecular complexity index is 573. The first-order valence-corrected chi connectivity index (χ1v) is 8.36. The van der Waals surface area contributed by atoms with E-state index >= 15 is 0 Å². The zero-order valence-electron chi connectivity index (χ0n) is 10.9. The van der Waals surface area contributed by atoms with Gasteiger partial charge in [0.25, 0.3) is 5.91 Å². The standard InChI is InChI=1S/C12H19N3O3S/c1-19(17,18)6-2-5-14-12(16)11-7-9(13)8-15(11)10-3-4-10/h7-8,10H,2-6,13H2,1H3,(H,14,16). The van der Waals surface area contributed by atoms with Crippen molar-refractivity contribution in [3.63, 3.8) is 0 Å². The Kier molecular flexibility index (Phi) is 3.84. The van der Waals surface area contributed by atoms with Crippen molar-refractivity contribution in [3.05, 3.63) is 18.0 Å². The number of carbonyl (C=O) groups excluding carboxylic acids is 1. The van der Waals surface area contributed by atoms with Crippen LogP contribution in [0.1, 0.15) is 35.8 Å². The number of hydrogen-bond donors (Lipinski definition) is 2.